The second-order valence-electron chi connectivity index (χ2n) is 2.72. The normalized spacial score (nSPS) is 10.0. The molecule has 0 aliphatic carbocycles. The van der Waals surface area contributed by atoms with Gasteiger partial charge in [-0.25, -0.2) is 4.39 Å². The van der Waals surface area contributed by atoms with E-state index in [2.05, 4.69) is 0 Å². The van der Waals surface area contributed by atoms with Crippen molar-refractivity contribution in [3.05, 3.63) is 29.6 Å². The van der Waals surface area contributed by atoms with Gasteiger partial charge in [0.1, 0.15) is 5.82 Å². The van der Waals surface area contributed by atoms with Crippen LogP contribution in [0.5, 0.6) is 0 Å². The molecule has 64 valence electrons. The first kappa shape index (κ1) is 9.22. The molecule has 12 heavy (non-hydrogen) atoms. The summed E-state index contributed by atoms with van der Waals surface area (Å²) in [6, 6.07) is 4.23. The molecule has 3 N–H and O–H groups in total. The van der Waals surface area contributed by atoms with Crippen molar-refractivity contribution in [2.75, 3.05) is 0 Å². The molecule has 0 fully saturated rings. The maximum Gasteiger partial charge on any atom is 0.320 e. The van der Waals surface area contributed by atoms with Gasteiger partial charge in [-0.05, 0) is 23.2 Å². The van der Waals surface area contributed by atoms with Crippen LogP contribution >= 0.6 is 0 Å². The Kier molecular flexibility index (Phi) is 2.84. The topological polar surface area (TPSA) is 46.2 Å². The number of rotatable bonds is 2. The lowest BCUT2D eigenvalue weighted by atomic mass is 9.62. The fourth-order valence-electron chi connectivity index (χ4n) is 1.16. The van der Waals surface area contributed by atoms with E-state index < -0.39 is 6.92 Å². The van der Waals surface area contributed by atoms with Crippen molar-refractivity contribution in [1.29, 1.82) is 0 Å². The van der Waals surface area contributed by atoms with Crippen molar-refractivity contribution in [2.45, 2.75) is 13.4 Å². The number of benzene rings is 1. The minimum atomic E-state index is -0.593. The highest BCUT2D eigenvalue weighted by Crippen LogP contribution is 2.01. The van der Waals surface area contributed by atoms with E-state index in [-0.39, 0.29) is 12.4 Å². The van der Waals surface area contributed by atoms with E-state index in [1.165, 1.54) is 12.1 Å². The van der Waals surface area contributed by atoms with E-state index in [1.807, 2.05) is 0 Å². The minimum Gasteiger partial charge on any atom is -0.446 e. The molecule has 0 saturated heterocycles. The summed E-state index contributed by atoms with van der Waals surface area (Å²) in [6.07, 6.45) is 0. The molecule has 0 bridgehead atoms. The molecule has 0 aliphatic heterocycles. The number of nitrogens with two attached hydrogens (primary N) is 1. The fraction of sp³-hybridized carbons (Fsp3) is 0.250. The Morgan fingerprint density at radius 3 is 2.75 bits per heavy atom. The van der Waals surface area contributed by atoms with Gasteiger partial charge in [0.15, 0.2) is 0 Å². The molecule has 0 unspecified atom stereocenters. The average molecular weight is 167 g/mol. The average Bonchev–Trinajstić information content (AvgIpc) is 2.03. The van der Waals surface area contributed by atoms with E-state index in [1.54, 1.807) is 12.9 Å². The standard InChI is InChI=1S/C8H11BFNO/c1-9(12)8-3-2-7(10)4-6(8)5-11/h2-4,12H,5,11H2,1H3. The molecule has 2 nitrogen and oxygen atoms in total. The van der Waals surface area contributed by atoms with Crippen molar-refractivity contribution in [1.82, 2.24) is 0 Å². The third-order valence-electron chi connectivity index (χ3n) is 1.78. The Labute approximate surface area is 71.3 Å². The zero-order valence-electron chi connectivity index (χ0n) is 6.92. The van der Waals surface area contributed by atoms with Crippen molar-refractivity contribution in [2.24, 2.45) is 5.73 Å². The summed E-state index contributed by atoms with van der Waals surface area (Å²) in [7, 11) is 0. The molecule has 1 aromatic carbocycles. The van der Waals surface area contributed by atoms with E-state index in [9.17, 15) is 9.41 Å². The van der Waals surface area contributed by atoms with Crippen molar-refractivity contribution in [3.8, 4) is 0 Å². The maximum absolute atomic E-state index is 12.7. The molecule has 0 spiro atoms. The lowest BCUT2D eigenvalue weighted by Gasteiger charge is -2.07. The monoisotopic (exact) mass is 167 g/mol. The van der Waals surface area contributed by atoms with Crippen LogP contribution in [0.3, 0.4) is 0 Å². The molecule has 0 aromatic heterocycles. The number of hydrogen-bond acceptors (Lipinski definition) is 2. The van der Waals surface area contributed by atoms with Crippen LogP contribution in [0.2, 0.25) is 6.82 Å². The Morgan fingerprint density at radius 2 is 2.25 bits per heavy atom. The van der Waals surface area contributed by atoms with Gasteiger partial charge in [-0.1, -0.05) is 12.9 Å². The zero-order valence-corrected chi connectivity index (χ0v) is 6.92. The molecule has 4 heteroatoms. The van der Waals surface area contributed by atoms with Gasteiger partial charge in [0.25, 0.3) is 0 Å². The van der Waals surface area contributed by atoms with Crippen LogP contribution in [0.15, 0.2) is 18.2 Å². The first-order valence-electron chi connectivity index (χ1n) is 3.81. The Bertz CT molecular complexity index is 278. The summed E-state index contributed by atoms with van der Waals surface area (Å²) >= 11 is 0. The number of halogens is 1. The first-order valence-corrected chi connectivity index (χ1v) is 3.81. The van der Waals surface area contributed by atoms with Crippen LogP contribution in [-0.2, 0) is 6.54 Å². The van der Waals surface area contributed by atoms with E-state index in [0.717, 1.165) is 0 Å². The Balaban J connectivity index is 3.11. The Morgan fingerprint density at radius 1 is 1.58 bits per heavy atom. The predicted molar refractivity (Wildman–Crippen MR) is 47.8 cm³/mol. The predicted octanol–water partition coefficient (Wildman–Crippen LogP) is 0.105. The van der Waals surface area contributed by atoms with Crippen LogP contribution in [-0.4, -0.2) is 11.9 Å². The van der Waals surface area contributed by atoms with Gasteiger partial charge >= 0.3 is 6.92 Å². The zero-order chi connectivity index (χ0) is 9.14. The van der Waals surface area contributed by atoms with Gasteiger partial charge < -0.3 is 10.8 Å². The number of hydrogen-bond donors (Lipinski definition) is 2. The lowest BCUT2D eigenvalue weighted by Crippen LogP contribution is -2.31. The van der Waals surface area contributed by atoms with E-state index in [4.69, 9.17) is 5.73 Å². The molecular formula is C8H11BFNO. The quantitative estimate of drug-likeness (QED) is 0.613. The summed E-state index contributed by atoms with van der Waals surface area (Å²) < 4.78 is 12.7. The molecule has 0 heterocycles. The summed E-state index contributed by atoms with van der Waals surface area (Å²) in [4.78, 5) is 0. The second-order valence-corrected chi connectivity index (χ2v) is 2.72. The van der Waals surface area contributed by atoms with Gasteiger partial charge in [-0.3, -0.25) is 0 Å². The lowest BCUT2D eigenvalue weighted by molar-refractivity contribution is 0.592. The maximum atomic E-state index is 12.7. The Hall–Kier alpha value is -0.865. The summed E-state index contributed by atoms with van der Waals surface area (Å²) in [5.74, 6) is -0.320. The van der Waals surface area contributed by atoms with Gasteiger partial charge in [0.05, 0.1) is 0 Å². The molecule has 1 aromatic rings. The molecule has 0 radical (unpaired) electrons. The van der Waals surface area contributed by atoms with Crippen LogP contribution in [0.25, 0.3) is 0 Å². The highest BCUT2D eigenvalue weighted by Gasteiger charge is 2.11. The SMILES string of the molecule is CB(O)c1ccc(F)cc1CN. The van der Waals surface area contributed by atoms with Crippen molar-refractivity contribution >= 4 is 12.4 Å². The highest BCUT2D eigenvalue weighted by molar-refractivity contribution is 6.65. The molecule has 0 atom stereocenters. The molecule has 0 aliphatic rings. The molecule has 0 amide bonds. The van der Waals surface area contributed by atoms with Crippen molar-refractivity contribution in [3.63, 3.8) is 0 Å². The van der Waals surface area contributed by atoms with Crippen LogP contribution in [0.1, 0.15) is 5.56 Å². The minimum absolute atomic E-state index is 0.248. The second kappa shape index (κ2) is 3.69. The van der Waals surface area contributed by atoms with Crippen LogP contribution in [0, 0.1) is 5.82 Å². The van der Waals surface area contributed by atoms with Gasteiger partial charge in [-0.2, -0.15) is 0 Å². The highest BCUT2D eigenvalue weighted by atomic mass is 19.1. The molecular weight excluding hydrogens is 156 g/mol. The summed E-state index contributed by atoms with van der Waals surface area (Å²) in [5, 5.41) is 9.25. The summed E-state index contributed by atoms with van der Waals surface area (Å²) in [6.45, 7) is 1.29. The van der Waals surface area contributed by atoms with Gasteiger partial charge in [0.2, 0.25) is 0 Å². The fourth-order valence-corrected chi connectivity index (χ4v) is 1.16. The van der Waals surface area contributed by atoms with E-state index in [0.29, 0.717) is 11.0 Å². The van der Waals surface area contributed by atoms with Gasteiger partial charge in [-0.15, -0.1) is 0 Å². The van der Waals surface area contributed by atoms with Gasteiger partial charge in [0, 0.05) is 6.54 Å². The van der Waals surface area contributed by atoms with Crippen LogP contribution in [0.4, 0.5) is 4.39 Å². The van der Waals surface area contributed by atoms with Crippen molar-refractivity contribution < 1.29 is 9.41 Å². The first-order chi connectivity index (χ1) is 5.65. The smallest absolute Gasteiger partial charge is 0.320 e. The molecule has 1 rings (SSSR count). The largest absolute Gasteiger partial charge is 0.446 e. The third-order valence-corrected chi connectivity index (χ3v) is 1.78. The summed E-state index contributed by atoms with van der Waals surface area (Å²) in [5.41, 5.74) is 6.73. The van der Waals surface area contributed by atoms with E-state index >= 15 is 0 Å². The molecule has 0 saturated carbocycles. The van der Waals surface area contributed by atoms with Crippen LogP contribution < -0.4 is 11.2 Å². The third kappa shape index (κ3) is 1.84.